The quantitative estimate of drug-likeness (QED) is 0.287. The van der Waals surface area contributed by atoms with Crippen LogP contribution in [-0.2, 0) is 14.3 Å². The minimum absolute atomic E-state index is 0.0273. The molecule has 0 bridgehead atoms. The number of allylic oxidation sites excluding steroid dienone is 2. The van der Waals surface area contributed by atoms with Crippen LogP contribution in [0, 0.1) is 5.41 Å². The van der Waals surface area contributed by atoms with Gasteiger partial charge < -0.3 is 4.74 Å². The van der Waals surface area contributed by atoms with Gasteiger partial charge in [-0.25, -0.2) is 0 Å². The van der Waals surface area contributed by atoms with E-state index in [1.165, 1.54) is 0 Å². The Morgan fingerprint density at radius 1 is 1.27 bits per heavy atom. The number of cyclic esters (lactones) is 1. The molecule has 2 rings (SSSR count). The molecule has 3 heteroatoms. The Balaban J connectivity index is 2.35. The number of carbonyl (C=O) groups is 2. The summed E-state index contributed by atoms with van der Waals surface area (Å²) in [5.41, 5.74) is -0.806. The van der Waals surface area contributed by atoms with Crippen molar-refractivity contribution in [2.24, 2.45) is 5.41 Å². The van der Waals surface area contributed by atoms with Crippen molar-refractivity contribution in [3.8, 4) is 0 Å². The minimum Gasteiger partial charge on any atom is -0.457 e. The second-order valence-electron chi connectivity index (χ2n) is 2.96. The van der Waals surface area contributed by atoms with Crippen LogP contribution in [0.1, 0.15) is 12.8 Å². The van der Waals surface area contributed by atoms with Gasteiger partial charge in [-0.05, 0) is 12.8 Å². The molecule has 1 heterocycles. The van der Waals surface area contributed by atoms with Gasteiger partial charge in [-0.3, -0.25) is 9.59 Å². The summed E-state index contributed by atoms with van der Waals surface area (Å²) in [5.74, 6) is -0.403. The summed E-state index contributed by atoms with van der Waals surface area (Å²) in [7, 11) is 0. The van der Waals surface area contributed by atoms with Gasteiger partial charge in [0.25, 0.3) is 0 Å². The van der Waals surface area contributed by atoms with E-state index in [2.05, 4.69) is 4.74 Å². The normalized spacial score (nSPS) is 26.5. The Hall–Kier alpha value is -1.12. The predicted molar refractivity (Wildman–Crippen MR) is 36.8 cm³/mol. The van der Waals surface area contributed by atoms with E-state index in [0.717, 1.165) is 0 Å². The second kappa shape index (κ2) is 1.94. The van der Waals surface area contributed by atoms with Crippen LogP contribution >= 0.6 is 0 Å². The smallest absolute Gasteiger partial charge is 0.320 e. The highest BCUT2D eigenvalue weighted by atomic mass is 16.5. The van der Waals surface area contributed by atoms with Gasteiger partial charge in [0, 0.05) is 0 Å². The average Bonchev–Trinajstić information content (AvgIpc) is 2.56. The number of ether oxygens (including phenoxy) is 1. The van der Waals surface area contributed by atoms with Crippen LogP contribution in [0.25, 0.3) is 0 Å². The first-order valence-corrected chi connectivity index (χ1v) is 3.61. The third-order valence-electron chi connectivity index (χ3n) is 2.36. The molecule has 0 saturated carbocycles. The summed E-state index contributed by atoms with van der Waals surface area (Å²) >= 11 is 0. The lowest BCUT2D eigenvalue weighted by Crippen LogP contribution is -2.30. The van der Waals surface area contributed by atoms with Gasteiger partial charge in [-0.1, -0.05) is 12.2 Å². The SMILES string of the molecule is O=C1COC(=O)C12CC=CC2. The summed E-state index contributed by atoms with van der Waals surface area (Å²) in [5, 5.41) is 0. The van der Waals surface area contributed by atoms with Gasteiger partial charge in [0.1, 0.15) is 5.41 Å². The zero-order valence-electron chi connectivity index (χ0n) is 6.00. The van der Waals surface area contributed by atoms with Crippen molar-refractivity contribution in [2.75, 3.05) is 6.61 Å². The molecule has 1 saturated heterocycles. The number of hydrogen-bond acceptors (Lipinski definition) is 3. The lowest BCUT2D eigenvalue weighted by Gasteiger charge is -2.13. The molecule has 0 N–H and O–H groups in total. The highest BCUT2D eigenvalue weighted by Crippen LogP contribution is 2.39. The summed E-state index contributed by atoms with van der Waals surface area (Å²) in [6, 6.07) is 0. The molecule has 1 fully saturated rings. The topological polar surface area (TPSA) is 43.4 Å². The van der Waals surface area contributed by atoms with Crippen molar-refractivity contribution >= 4 is 11.8 Å². The fraction of sp³-hybridized carbons (Fsp3) is 0.500. The van der Waals surface area contributed by atoms with Crippen LogP contribution in [0.3, 0.4) is 0 Å². The molecule has 58 valence electrons. The fourth-order valence-corrected chi connectivity index (χ4v) is 1.57. The van der Waals surface area contributed by atoms with E-state index < -0.39 is 5.41 Å². The van der Waals surface area contributed by atoms with E-state index in [0.29, 0.717) is 12.8 Å². The van der Waals surface area contributed by atoms with Gasteiger partial charge in [0.05, 0.1) is 0 Å². The number of carbonyl (C=O) groups excluding carboxylic acids is 2. The summed E-state index contributed by atoms with van der Waals surface area (Å²) in [4.78, 5) is 22.3. The number of esters is 1. The van der Waals surface area contributed by atoms with E-state index in [4.69, 9.17) is 0 Å². The molecule has 3 nitrogen and oxygen atoms in total. The first-order chi connectivity index (χ1) is 5.26. The zero-order chi connectivity index (χ0) is 7.90. The number of ketones is 1. The largest absolute Gasteiger partial charge is 0.457 e. The van der Waals surface area contributed by atoms with Gasteiger partial charge in [0.2, 0.25) is 0 Å². The van der Waals surface area contributed by atoms with E-state index in [-0.39, 0.29) is 18.4 Å². The molecule has 0 aromatic rings. The third kappa shape index (κ3) is 0.679. The van der Waals surface area contributed by atoms with Crippen molar-refractivity contribution in [1.82, 2.24) is 0 Å². The molecule has 1 aliphatic carbocycles. The Morgan fingerprint density at radius 2 is 1.91 bits per heavy atom. The van der Waals surface area contributed by atoms with Crippen LogP contribution in [0.5, 0.6) is 0 Å². The second-order valence-corrected chi connectivity index (χ2v) is 2.96. The molecular weight excluding hydrogens is 144 g/mol. The lowest BCUT2D eigenvalue weighted by atomic mass is 9.83. The first-order valence-electron chi connectivity index (χ1n) is 3.61. The van der Waals surface area contributed by atoms with Gasteiger partial charge in [-0.15, -0.1) is 0 Å². The fourth-order valence-electron chi connectivity index (χ4n) is 1.57. The van der Waals surface area contributed by atoms with Crippen LogP contribution in [-0.4, -0.2) is 18.4 Å². The molecular formula is C8H8O3. The zero-order valence-corrected chi connectivity index (χ0v) is 6.00. The molecule has 0 atom stereocenters. The Morgan fingerprint density at radius 3 is 2.36 bits per heavy atom. The highest BCUT2D eigenvalue weighted by molar-refractivity contribution is 6.09. The lowest BCUT2D eigenvalue weighted by molar-refractivity contribution is -0.146. The molecule has 11 heavy (non-hydrogen) atoms. The number of Topliss-reactive ketones (excluding diaryl/α,β-unsaturated/α-hetero) is 1. The summed E-state index contributed by atoms with van der Waals surface area (Å²) in [6.07, 6.45) is 4.80. The number of hydrogen-bond donors (Lipinski definition) is 0. The molecule has 1 spiro atoms. The molecule has 0 radical (unpaired) electrons. The highest BCUT2D eigenvalue weighted by Gasteiger charge is 2.51. The van der Waals surface area contributed by atoms with Crippen molar-refractivity contribution in [2.45, 2.75) is 12.8 Å². The van der Waals surface area contributed by atoms with Gasteiger partial charge in [-0.2, -0.15) is 0 Å². The molecule has 2 aliphatic rings. The van der Waals surface area contributed by atoms with E-state index >= 15 is 0 Å². The minimum atomic E-state index is -0.806. The van der Waals surface area contributed by atoms with Crippen LogP contribution < -0.4 is 0 Å². The monoisotopic (exact) mass is 152 g/mol. The van der Waals surface area contributed by atoms with Crippen molar-refractivity contribution < 1.29 is 14.3 Å². The van der Waals surface area contributed by atoms with Crippen molar-refractivity contribution in [3.63, 3.8) is 0 Å². The Bertz CT molecular complexity index is 226. The molecule has 0 aromatic carbocycles. The Labute approximate surface area is 64.0 Å². The van der Waals surface area contributed by atoms with E-state index in [9.17, 15) is 9.59 Å². The molecule has 0 aromatic heterocycles. The third-order valence-corrected chi connectivity index (χ3v) is 2.36. The maximum Gasteiger partial charge on any atom is 0.320 e. The van der Waals surface area contributed by atoms with E-state index in [1.807, 2.05) is 12.2 Å². The van der Waals surface area contributed by atoms with Crippen molar-refractivity contribution in [1.29, 1.82) is 0 Å². The molecule has 0 unspecified atom stereocenters. The number of rotatable bonds is 0. The molecule has 1 aliphatic heterocycles. The average molecular weight is 152 g/mol. The van der Waals surface area contributed by atoms with Crippen LogP contribution in [0.4, 0.5) is 0 Å². The summed E-state index contributed by atoms with van der Waals surface area (Å²) < 4.78 is 4.67. The van der Waals surface area contributed by atoms with Gasteiger partial charge in [0.15, 0.2) is 12.4 Å². The molecule has 0 amide bonds. The van der Waals surface area contributed by atoms with Crippen molar-refractivity contribution in [3.05, 3.63) is 12.2 Å². The predicted octanol–water partition coefficient (Wildman–Crippen LogP) is 0.449. The van der Waals surface area contributed by atoms with E-state index in [1.54, 1.807) is 0 Å². The first kappa shape index (κ1) is 6.58. The van der Waals surface area contributed by atoms with Crippen LogP contribution in [0.15, 0.2) is 12.2 Å². The van der Waals surface area contributed by atoms with Crippen LogP contribution in [0.2, 0.25) is 0 Å². The Kier molecular flexibility index (Phi) is 1.16. The maximum absolute atomic E-state index is 11.2. The van der Waals surface area contributed by atoms with Gasteiger partial charge >= 0.3 is 5.97 Å². The maximum atomic E-state index is 11.2. The standard InChI is InChI=1S/C8H8O3/c9-6-5-11-7(10)8(6)3-1-2-4-8/h1-2H,3-5H2. The summed E-state index contributed by atoms with van der Waals surface area (Å²) in [6.45, 7) is -0.0273.